The van der Waals surface area contributed by atoms with Gasteiger partial charge in [-0.05, 0) is 25.0 Å². The van der Waals surface area contributed by atoms with Crippen molar-refractivity contribution in [1.82, 2.24) is 14.7 Å². The van der Waals surface area contributed by atoms with Gasteiger partial charge >= 0.3 is 0 Å². The highest BCUT2D eigenvalue weighted by molar-refractivity contribution is 7.89. The van der Waals surface area contributed by atoms with E-state index in [9.17, 15) is 18.5 Å². The number of ether oxygens (including phenoxy) is 1. The van der Waals surface area contributed by atoms with E-state index in [4.69, 9.17) is 4.74 Å². The fourth-order valence-corrected chi connectivity index (χ4v) is 4.40. The van der Waals surface area contributed by atoms with Gasteiger partial charge in [0.15, 0.2) is 0 Å². The first-order valence-corrected chi connectivity index (χ1v) is 9.76. The van der Waals surface area contributed by atoms with Crippen molar-refractivity contribution < 1.29 is 18.1 Å². The molecule has 0 aliphatic carbocycles. The Kier molecular flexibility index (Phi) is 5.51. The molecule has 0 spiro atoms. The molecular formula is C16H19N5O5S. The van der Waals surface area contributed by atoms with Gasteiger partial charge in [0.05, 0.1) is 18.1 Å². The number of non-ortho nitro benzene ring substituents is 1. The zero-order valence-corrected chi connectivity index (χ0v) is 15.4. The highest BCUT2D eigenvalue weighted by Gasteiger charge is 2.29. The van der Waals surface area contributed by atoms with Crippen LogP contribution in [0.2, 0.25) is 0 Å². The minimum absolute atomic E-state index is 0.0734. The third-order valence-electron chi connectivity index (χ3n) is 4.23. The molecule has 1 fully saturated rings. The Labute approximate surface area is 156 Å². The van der Waals surface area contributed by atoms with E-state index in [0.717, 1.165) is 25.1 Å². The van der Waals surface area contributed by atoms with Gasteiger partial charge in [-0.25, -0.2) is 23.1 Å². The lowest BCUT2D eigenvalue weighted by molar-refractivity contribution is -0.385. The standard InChI is InChI=1S/C16H19N5O5S/c1-26-14-10-13(21(22)23)5-6-15(14)27(24,25)19-12-4-2-9-20(11-12)16-17-7-3-8-18-16/h3,5-8,10,12,19H,2,4,9,11H2,1H3. The van der Waals surface area contributed by atoms with Gasteiger partial charge in [-0.2, -0.15) is 0 Å². The average Bonchev–Trinajstić information content (AvgIpc) is 2.68. The Hall–Kier alpha value is -2.79. The molecule has 0 bridgehead atoms. The van der Waals surface area contributed by atoms with Crippen LogP contribution in [0.15, 0.2) is 41.6 Å². The number of nitrogens with zero attached hydrogens (tertiary/aromatic N) is 4. The fourth-order valence-electron chi connectivity index (χ4n) is 2.98. The highest BCUT2D eigenvalue weighted by atomic mass is 32.2. The van der Waals surface area contributed by atoms with Gasteiger partial charge in [0.25, 0.3) is 5.69 Å². The molecule has 0 radical (unpaired) electrons. The number of benzene rings is 1. The van der Waals surface area contributed by atoms with Crippen LogP contribution in [-0.4, -0.2) is 49.6 Å². The fraction of sp³-hybridized carbons (Fsp3) is 0.375. The molecule has 1 N–H and O–H groups in total. The third-order valence-corrected chi connectivity index (χ3v) is 5.79. The van der Waals surface area contributed by atoms with E-state index in [-0.39, 0.29) is 22.4 Å². The van der Waals surface area contributed by atoms with Crippen molar-refractivity contribution in [1.29, 1.82) is 0 Å². The molecule has 0 amide bonds. The zero-order chi connectivity index (χ0) is 19.4. The molecule has 1 aliphatic rings. The molecule has 144 valence electrons. The lowest BCUT2D eigenvalue weighted by Gasteiger charge is -2.32. The largest absolute Gasteiger partial charge is 0.495 e. The number of piperidine rings is 1. The first kappa shape index (κ1) is 19.0. The number of nitro benzene ring substituents is 1. The van der Waals surface area contributed by atoms with Gasteiger partial charge < -0.3 is 9.64 Å². The molecule has 1 saturated heterocycles. The van der Waals surface area contributed by atoms with E-state index < -0.39 is 14.9 Å². The average molecular weight is 393 g/mol. The molecule has 27 heavy (non-hydrogen) atoms. The molecule has 1 aliphatic heterocycles. The van der Waals surface area contributed by atoms with E-state index in [1.165, 1.54) is 13.2 Å². The summed E-state index contributed by atoms with van der Waals surface area (Å²) < 4.78 is 33.3. The van der Waals surface area contributed by atoms with Gasteiger partial charge in [-0.3, -0.25) is 10.1 Å². The normalized spacial score (nSPS) is 17.5. The number of nitro groups is 1. The number of hydrogen-bond donors (Lipinski definition) is 1. The molecule has 1 aromatic heterocycles. The summed E-state index contributed by atoms with van der Waals surface area (Å²) in [7, 11) is -2.64. The van der Waals surface area contributed by atoms with Crippen LogP contribution in [0.4, 0.5) is 11.6 Å². The highest BCUT2D eigenvalue weighted by Crippen LogP contribution is 2.29. The quantitative estimate of drug-likeness (QED) is 0.575. The zero-order valence-electron chi connectivity index (χ0n) is 14.6. The lowest BCUT2D eigenvalue weighted by atomic mass is 10.1. The second-order valence-electron chi connectivity index (χ2n) is 6.05. The van der Waals surface area contributed by atoms with Crippen LogP contribution in [0.1, 0.15) is 12.8 Å². The van der Waals surface area contributed by atoms with Crippen molar-refractivity contribution in [3.63, 3.8) is 0 Å². The Bertz CT molecular complexity index is 922. The summed E-state index contributed by atoms with van der Waals surface area (Å²) in [6, 6.07) is 4.79. The van der Waals surface area contributed by atoms with Crippen LogP contribution in [0.25, 0.3) is 0 Å². The molecular weight excluding hydrogens is 374 g/mol. The van der Waals surface area contributed by atoms with Crippen LogP contribution in [0.5, 0.6) is 5.75 Å². The monoisotopic (exact) mass is 393 g/mol. The van der Waals surface area contributed by atoms with Gasteiger partial charge in [-0.1, -0.05) is 0 Å². The second kappa shape index (κ2) is 7.84. The number of methoxy groups -OCH3 is 1. The Morgan fingerprint density at radius 1 is 1.33 bits per heavy atom. The molecule has 1 unspecified atom stereocenters. The van der Waals surface area contributed by atoms with Crippen LogP contribution >= 0.6 is 0 Å². The summed E-state index contributed by atoms with van der Waals surface area (Å²) in [5, 5.41) is 10.9. The maximum atomic E-state index is 12.8. The Morgan fingerprint density at radius 3 is 2.74 bits per heavy atom. The predicted molar refractivity (Wildman–Crippen MR) is 97.2 cm³/mol. The van der Waals surface area contributed by atoms with Crippen molar-refractivity contribution in [3.8, 4) is 5.75 Å². The summed E-state index contributed by atoms with van der Waals surface area (Å²) in [6.07, 6.45) is 4.72. The predicted octanol–water partition coefficient (Wildman–Crippen LogP) is 1.34. The van der Waals surface area contributed by atoms with Crippen LogP contribution in [0, 0.1) is 10.1 Å². The summed E-state index contributed by atoms with van der Waals surface area (Å²) in [6.45, 7) is 1.17. The Morgan fingerprint density at radius 2 is 2.07 bits per heavy atom. The molecule has 3 rings (SSSR count). The van der Waals surface area contributed by atoms with Gasteiger partial charge in [0.2, 0.25) is 16.0 Å². The number of anilines is 1. The first-order valence-electron chi connectivity index (χ1n) is 8.27. The minimum atomic E-state index is -3.92. The maximum absolute atomic E-state index is 12.8. The van der Waals surface area contributed by atoms with Crippen molar-refractivity contribution in [2.75, 3.05) is 25.1 Å². The van der Waals surface area contributed by atoms with Crippen molar-refractivity contribution >= 4 is 21.7 Å². The molecule has 2 heterocycles. The number of sulfonamides is 1. The van der Waals surface area contributed by atoms with Crippen molar-refractivity contribution in [2.24, 2.45) is 0 Å². The van der Waals surface area contributed by atoms with Crippen LogP contribution in [-0.2, 0) is 10.0 Å². The number of aromatic nitrogens is 2. The van der Waals surface area contributed by atoms with E-state index in [0.29, 0.717) is 18.9 Å². The number of nitrogens with one attached hydrogen (secondary N) is 1. The van der Waals surface area contributed by atoms with Gasteiger partial charge in [-0.15, -0.1) is 0 Å². The van der Waals surface area contributed by atoms with Crippen LogP contribution in [0.3, 0.4) is 0 Å². The second-order valence-corrected chi connectivity index (χ2v) is 7.73. The molecule has 10 nitrogen and oxygen atoms in total. The van der Waals surface area contributed by atoms with Crippen molar-refractivity contribution in [2.45, 2.75) is 23.8 Å². The summed E-state index contributed by atoms with van der Waals surface area (Å²) >= 11 is 0. The lowest BCUT2D eigenvalue weighted by Crippen LogP contribution is -2.48. The SMILES string of the molecule is COc1cc([N+](=O)[O-])ccc1S(=O)(=O)NC1CCCN(c2ncccn2)C1. The minimum Gasteiger partial charge on any atom is -0.495 e. The summed E-state index contributed by atoms with van der Waals surface area (Å²) in [5.74, 6) is 0.477. The number of hydrogen-bond acceptors (Lipinski definition) is 8. The molecule has 1 atom stereocenters. The van der Waals surface area contributed by atoms with E-state index in [1.54, 1.807) is 18.5 Å². The van der Waals surface area contributed by atoms with E-state index >= 15 is 0 Å². The molecule has 0 saturated carbocycles. The van der Waals surface area contributed by atoms with Gasteiger partial charge in [0, 0.05) is 37.6 Å². The molecule has 1 aromatic carbocycles. The maximum Gasteiger partial charge on any atom is 0.273 e. The molecule has 2 aromatic rings. The van der Waals surface area contributed by atoms with Crippen LogP contribution < -0.4 is 14.4 Å². The first-order chi connectivity index (χ1) is 12.9. The smallest absolute Gasteiger partial charge is 0.273 e. The third kappa shape index (κ3) is 4.31. The number of rotatable bonds is 6. The van der Waals surface area contributed by atoms with Gasteiger partial charge in [0.1, 0.15) is 10.6 Å². The van der Waals surface area contributed by atoms with Crippen molar-refractivity contribution in [3.05, 3.63) is 46.8 Å². The Balaban J connectivity index is 1.79. The summed E-state index contributed by atoms with van der Waals surface area (Å²) in [5.41, 5.74) is -0.240. The summed E-state index contributed by atoms with van der Waals surface area (Å²) in [4.78, 5) is 20.5. The topological polar surface area (TPSA) is 128 Å². The van der Waals surface area contributed by atoms with E-state index in [1.807, 2.05) is 4.90 Å². The van der Waals surface area contributed by atoms with E-state index in [2.05, 4.69) is 14.7 Å². The molecule has 11 heteroatoms.